The molecule has 0 saturated carbocycles. The van der Waals surface area contributed by atoms with E-state index in [4.69, 9.17) is 4.74 Å². The highest BCUT2D eigenvalue weighted by Gasteiger charge is 2.15. The average molecular weight is 376 g/mol. The maximum Gasteiger partial charge on any atom is 0.209 e. The van der Waals surface area contributed by atoms with Gasteiger partial charge in [0.2, 0.25) is 11.6 Å². The van der Waals surface area contributed by atoms with Crippen LogP contribution in [0.4, 0.5) is 8.78 Å². The Morgan fingerprint density at radius 2 is 1.21 bits per heavy atom. The number of hydrogen-bond acceptors (Lipinski definition) is 5. The minimum atomic E-state index is -0.765. The van der Waals surface area contributed by atoms with Crippen LogP contribution in [-0.4, -0.2) is 27.5 Å². The first kappa shape index (κ1) is 17.7. The topological polar surface area (TPSA) is 60.8 Å². The third-order valence-corrected chi connectivity index (χ3v) is 4.21. The van der Waals surface area contributed by atoms with E-state index in [2.05, 4.69) is 20.4 Å². The Kier molecular flexibility index (Phi) is 4.72. The third-order valence-electron chi connectivity index (χ3n) is 4.21. The number of ether oxygens (including phenoxy) is 1. The molecule has 0 amide bonds. The van der Waals surface area contributed by atoms with E-state index in [-0.39, 0.29) is 17.2 Å². The van der Waals surface area contributed by atoms with E-state index >= 15 is 0 Å². The standard InChI is InChI=1S/C21H14F2N4O/c1-28-16-5-2-4-15(12-16)13-8-10-14(11-9-13)20-24-26-21(27-25-20)19-17(22)6-3-7-18(19)23/h2-12H,1H3. The van der Waals surface area contributed by atoms with Crippen molar-refractivity contribution in [1.82, 2.24) is 20.4 Å². The van der Waals surface area contributed by atoms with Crippen molar-refractivity contribution in [2.75, 3.05) is 7.11 Å². The van der Waals surface area contributed by atoms with E-state index in [1.165, 1.54) is 6.07 Å². The smallest absolute Gasteiger partial charge is 0.209 e. The average Bonchev–Trinajstić information content (AvgIpc) is 2.74. The van der Waals surface area contributed by atoms with Crippen LogP contribution in [0.2, 0.25) is 0 Å². The van der Waals surface area contributed by atoms with Crippen molar-refractivity contribution in [1.29, 1.82) is 0 Å². The van der Waals surface area contributed by atoms with Crippen LogP contribution in [0, 0.1) is 11.6 Å². The highest BCUT2D eigenvalue weighted by Crippen LogP contribution is 2.26. The molecule has 0 bridgehead atoms. The van der Waals surface area contributed by atoms with E-state index < -0.39 is 11.6 Å². The zero-order valence-corrected chi connectivity index (χ0v) is 14.8. The fraction of sp³-hybridized carbons (Fsp3) is 0.0476. The van der Waals surface area contributed by atoms with Crippen molar-refractivity contribution in [3.8, 4) is 39.7 Å². The van der Waals surface area contributed by atoms with Crippen LogP contribution < -0.4 is 4.74 Å². The molecular formula is C21H14F2N4O. The molecule has 4 aromatic rings. The van der Waals surface area contributed by atoms with E-state index in [1.807, 2.05) is 48.5 Å². The fourth-order valence-corrected chi connectivity index (χ4v) is 2.77. The van der Waals surface area contributed by atoms with Crippen molar-refractivity contribution >= 4 is 0 Å². The summed E-state index contributed by atoms with van der Waals surface area (Å²) < 4.78 is 32.9. The number of benzene rings is 3. The van der Waals surface area contributed by atoms with Gasteiger partial charge < -0.3 is 4.74 Å². The van der Waals surface area contributed by atoms with Gasteiger partial charge in [0.25, 0.3) is 0 Å². The maximum atomic E-state index is 13.8. The molecule has 5 nitrogen and oxygen atoms in total. The molecule has 28 heavy (non-hydrogen) atoms. The molecule has 0 spiro atoms. The molecule has 0 radical (unpaired) electrons. The van der Waals surface area contributed by atoms with Crippen LogP contribution in [0.15, 0.2) is 66.7 Å². The lowest BCUT2D eigenvalue weighted by molar-refractivity contribution is 0.415. The second kappa shape index (κ2) is 7.48. The zero-order chi connectivity index (χ0) is 19.5. The summed E-state index contributed by atoms with van der Waals surface area (Å²) in [7, 11) is 1.62. The van der Waals surface area contributed by atoms with E-state index in [0.29, 0.717) is 5.56 Å². The van der Waals surface area contributed by atoms with Crippen molar-refractivity contribution < 1.29 is 13.5 Å². The lowest BCUT2D eigenvalue weighted by atomic mass is 10.0. The molecule has 0 saturated heterocycles. The third kappa shape index (κ3) is 3.42. The van der Waals surface area contributed by atoms with Gasteiger partial charge in [-0.25, -0.2) is 8.78 Å². The molecule has 1 aromatic heterocycles. The van der Waals surface area contributed by atoms with Crippen LogP contribution >= 0.6 is 0 Å². The zero-order valence-electron chi connectivity index (χ0n) is 14.8. The molecule has 0 unspecified atom stereocenters. The van der Waals surface area contributed by atoms with Crippen LogP contribution in [0.1, 0.15) is 0 Å². The Bertz CT molecular complexity index is 1100. The van der Waals surface area contributed by atoms with Gasteiger partial charge in [0.1, 0.15) is 17.4 Å². The highest BCUT2D eigenvalue weighted by atomic mass is 19.1. The van der Waals surface area contributed by atoms with Crippen molar-refractivity contribution in [3.05, 3.63) is 78.4 Å². The Morgan fingerprint density at radius 1 is 0.643 bits per heavy atom. The van der Waals surface area contributed by atoms with Gasteiger partial charge in [0.15, 0.2) is 0 Å². The van der Waals surface area contributed by atoms with Gasteiger partial charge in [-0.3, -0.25) is 0 Å². The summed E-state index contributed by atoms with van der Waals surface area (Å²) in [4.78, 5) is 0. The van der Waals surface area contributed by atoms with Crippen molar-refractivity contribution in [2.24, 2.45) is 0 Å². The molecule has 3 aromatic carbocycles. The lowest BCUT2D eigenvalue weighted by Gasteiger charge is -2.06. The summed E-state index contributed by atoms with van der Waals surface area (Å²) in [5.41, 5.74) is 2.34. The van der Waals surface area contributed by atoms with Crippen LogP contribution in [0.25, 0.3) is 33.9 Å². The Balaban J connectivity index is 1.61. The van der Waals surface area contributed by atoms with Crippen LogP contribution in [0.3, 0.4) is 0 Å². The van der Waals surface area contributed by atoms with Gasteiger partial charge in [0, 0.05) is 5.56 Å². The Hall–Kier alpha value is -3.74. The Labute approximate surface area is 159 Å². The molecule has 0 fully saturated rings. The largest absolute Gasteiger partial charge is 0.497 e. The van der Waals surface area contributed by atoms with E-state index in [1.54, 1.807) is 7.11 Å². The van der Waals surface area contributed by atoms with Crippen LogP contribution in [0.5, 0.6) is 5.75 Å². The Morgan fingerprint density at radius 3 is 1.86 bits per heavy atom. The molecular weight excluding hydrogens is 362 g/mol. The molecule has 0 N–H and O–H groups in total. The van der Waals surface area contributed by atoms with Gasteiger partial charge in [-0.15, -0.1) is 20.4 Å². The normalized spacial score (nSPS) is 10.7. The molecule has 0 aliphatic heterocycles. The molecule has 0 aliphatic rings. The number of rotatable bonds is 4. The summed E-state index contributed by atoms with van der Waals surface area (Å²) in [5.74, 6) is -0.697. The van der Waals surface area contributed by atoms with E-state index in [0.717, 1.165) is 29.0 Å². The monoisotopic (exact) mass is 376 g/mol. The summed E-state index contributed by atoms with van der Waals surface area (Å²) in [6.07, 6.45) is 0. The number of hydrogen-bond donors (Lipinski definition) is 0. The number of halogens is 2. The summed E-state index contributed by atoms with van der Waals surface area (Å²) in [5, 5.41) is 15.6. The lowest BCUT2D eigenvalue weighted by Crippen LogP contribution is -2.02. The second-order valence-electron chi connectivity index (χ2n) is 5.95. The number of nitrogens with zero attached hydrogens (tertiary/aromatic N) is 4. The highest BCUT2D eigenvalue weighted by molar-refractivity contribution is 5.68. The summed E-state index contributed by atoms with van der Waals surface area (Å²) in [6, 6.07) is 18.7. The SMILES string of the molecule is COc1cccc(-c2ccc(-c3nnc(-c4c(F)cccc4F)nn3)cc2)c1. The maximum absolute atomic E-state index is 13.8. The number of methoxy groups -OCH3 is 1. The molecule has 138 valence electrons. The molecule has 0 atom stereocenters. The van der Waals surface area contributed by atoms with Gasteiger partial charge in [-0.05, 0) is 35.4 Å². The van der Waals surface area contributed by atoms with Gasteiger partial charge in [-0.1, -0.05) is 42.5 Å². The van der Waals surface area contributed by atoms with Gasteiger partial charge in [-0.2, -0.15) is 0 Å². The van der Waals surface area contributed by atoms with Gasteiger partial charge in [0.05, 0.1) is 12.7 Å². The first-order chi connectivity index (χ1) is 13.7. The minimum Gasteiger partial charge on any atom is -0.497 e. The summed E-state index contributed by atoms with van der Waals surface area (Å²) >= 11 is 0. The molecule has 0 aliphatic carbocycles. The predicted octanol–water partition coefficient (Wildman–Crippen LogP) is 4.55. The summed E-state index contributed by atoms with van der Waals surface area (Å²) in [6.45, 7) is 0. The van der Waals surface area contributed by atoms with Crippen molar-refractivity contribution in [3.63, 3.8) is 0 Å². The molecule has 1 heterocycles. The minimum absolute atomic E-state index is 0.202. The number of aromatic nitrogens is 4. The second-order valence-corrected chi connectivity index (χ2v) is 5.95. The fourth-order valence-electron chi connectivity index (χ4n) is 2.77. The quantitative estimate of drug-likeness (QED) is 0.523. The molecule has 7 heteroatoms. The van der Waals surface area contributed by atoms with E-state index in [9.17, 15) is 8.78 Å². The first-order valence-corrected chi connectivity index (χ1v) is 8.42. The van der Waals surface area contributed by atoms with Crippen LogP contribution in [-0.2, 0) is 0 Å². The predicted molar refractivity (Wildman–Crippen MR) is 100 cm³/mol. The van der Waals surface area contributed by atoms with Crippen molar-refractivity contribution in [2.45, 2.75) is 0 Å². The first-order valence-electron chi connectivity index (χ1n) is 8.42. The van der Waals surface area contributed by atoms with Gasteiger partial charge >= 0.3 is 0 Å². The molecule has 4 rings (SSSR count).